The predicted octanol–water partition coefficient (Wildman–Crippen LogP) is 4.27. The van der Waals surface area contributed by atoms with Gasteiger partial charge in [-0.25, -0.2) is 4.68 Å². The molecule has 3 heterocycles. The van der Waals surface area contributed by atoms with E-state index in [1.165, 1.54) is 5.56 Å². The summed E-state index contributed by atoms with van der Waals surface area (Å²) in [5, 5.41) is 13.9. The first-order valence-electron chi connectivity index (χ1n) is 13.5. The molecule has 0 amide bonds. The van der Waals surface area contributed by atoms with Gasteiger partial charge in [0.25, 0.3) is 5.56 Å². The summed E-state index contributed by atoms with van der Waals surface area (Å²) in [6.07, 6.45) is 3.94. The fourth-order valence-electron chi connectivity index (χ4n) is 5.28. The van der Waals surface area contributed by atoms with E-state index >= 15 is 0 Å². The number of tetrazole rings is 1. The predicted molar refractivity (Wildman–Crippen MR) is 146 cm³/mol. The van der Waals surface area contributed by atoms with Crippen LogP contribution in [0.3, 0.4) is 0 Å². The van der Waals surface area contributed by atoms with Crippen LogP contribution < -0.4 is 10.3 Å². The molecule has 0 unspecified atom stereocenters. The van der Waals surface area contributed by atoms with Crippen molar-refractivity contribution in [1.29, 1.82) is 0 Å². The highest BCUT2D eigenvalue weighted by molar-refractivity contribution is 5.79. The van der Waals surface area contributed by atoms with E-state index < -0.39 is 0 Å². The van der Waals surface area contributed by atoms with Gasteiger partial charge in [0.2, 0.25) is 0 Å². The fourth-order valence-corrected chi connectivity index (χ4v) is 5.28. The Labute approximate surface area is 222 Å². The number of aromatic amines is 1. The number of pyridine rings is 1. The Hall–Kier alpha value is -3.56. The molecule has 1 fully saturated rings. The molecule has 0 aliphatic carbocycles. The third-order valence-electron chi connectivity index (χ3n) is 7.41. The minimum absolute atomic E-state index is 0.0632. The van der Waals surface area contributed by atoms with Crippen LogP contribution >= 0.6 is 0 Å². The first kappa shape index (κ1) is 26.1. The lowest BCUT2D eigenvalue weighted by Crippen LogP contribution is -2.37. The van der Waals surface area contributed by atoms with Crippen LogP contribution in [0.5, 0.6) is 5.75 Å². The second-order valence-corrected chi connectivity index (χ2v) is 9.93. The number of rotatable bonds is 11. The Morgan fingerprint density at radius 2 is 1.97 bits per heavy atom. The number of nitrogens with zero attached hydrogens (tertiary/aromatic N) is 5. The lowest BCUT2D eigenvalue weighted by Gasteiger charge is -2.32. The maximum Gasteiger partial charge on any atom is 0.252 e. The molecule has 38 heavy (non-hydrogen) atoms. The molecule has 9 heteroatoms. The Morgan fingerprint density at radius 1 is 1.16 bits per heavy atom. The Morgan fingerprint density at radius 3 is 2.68 bits per heavy atom. The highest BCUT2D eigenvalue weighted by atomic mass is 16.5. The molecule has 1 N–H and O–H groups in total. The molecule has 1 aliphatic rings. The third kappa shape index (κ3) is 5.79. The molecule has 200 valence electrons. The van der Waals surface area contributed by atoms with Crippen molar-refractivity contribution in [2.24, 2.45) is 0 Å². The van der Waals surface area contributed by atoms with Crippen molar-refractivity contribution >= 4 is 10.9 Å². The van der Waals surface area contributed by atoms with Gasteiger partial charge < -0.3 is 14.5 Å². The summed E-state index contributed by atoms with van der Waals surface area (Å²) >= 11 is 0. The number of benzene rings is 2. The molecular formula is C29H36N6O3. The maximum absolute atomic E-state index is 13.1. The number of methoxy groups -OCH3 is 1. The Balaban J connectivity index is 1.46. The number of hydrogen-bond donors (Lipinski definition) is 1. The van der Waals surface area contributed by atoms with Crippen LogP contribution in [0.1, 0.15) is 61.7 Å². The van der Waals surface area contributed by atoms with E-state index in [-0.39, 0.29) is 17.7 Å². The number of ether oxygens (including phenoxy) is 2. The number of H-pyrrole nitrogens is 1. The average molecular weight is 517 g/mol. The quantitative estimate of drug-likeness (QED) is 0.318. The largest absolute Gasteiger partial charge is 0.497 e. The highest BCUT2D eigenvalue weighted by Crippen LogP contribution is 2.27. The van der Waals surface area contributed by atoms with Crippen molar-refractivity contribution in [3.8, 4) is 5.75 Å². The van der Waals surface area contributed by atoms with E-state index in [1.807, 2.05) is 41.1 Å². The topological polar surface area (TPSA) is 98.2 Å². The highest BCUT2D eigenvalue weighted by Gasteiger charge is 2.29. The normalized spacial score (nSPS) is 16.4. The van der Waals surface area contributed by atoms with Crippen LogP contribution in [0, 0.1) is 0 Å². The molecule has 1 aliphatic heterocycles. The van der Waals surface area contributed by atoms with E-state index in [0.717, 1.165) is 65.9 Å². The van der Waals surface area contributed by atoms with Crippen LogP contribution in [0.2, 0.25) is 0 Å². The van der Waals surface area contributed by atoms with Crippen molar-refractivity contribution in [3.63, 3.8) is 0 Å². The van der Waals surface area contributed by atoms with E-state index in [2.05, 4.69) is 51.4 Å². The first-order chi connectivity index (χ1) is 18.6. The zero-order valence-corrected chi connectivity index (χ0v) is 22.4. The molecule has 9 nitrogen and oxygen atoms in total. The molecule has 2 aromatic carbocycles. The van der Waals surface area contributed by atoms with E-state index in [1.54, 1.807) is 7.11 Å². The van der Waals surface area contributed by atoms with Gasteiger partial charge >= 0.3 is 0 Å². The summed E-state index contributed by atoms with van der Waals surface area (Å²) in [6, 6.07) is 16.1. The monoisotopic (exact) mass is 516 g/mol. The fraction of sp³-hybridized carbons (Fsp3) is 0.448. The molecule has 4 aromatic rings. The number of nitrogens with one attached hydrogen (secondary N) is 1. The first-order valence-corrected chi connectivity index (χ1v) is 13.5. The maximum atomic E-state index is 13.1. The van der Waals surface area contributed by atoms with Gasteiger partial charge in [0.05, 0.1) is 25.8 Å². The molecule has 1 saturated heterocycles. The van der Waals surface area contributed by atoms with Crippen molar-refractivity contribution in [1.82, 2.24) is 30.1 Å². The van der Waals surface area contributed by atoms with Gasteiger partial charge in [-0.05, 0) is 83.0 Å². The van der Waals surface area contributed by atoms with Gasteiger partial charge in [-0.3, -0.25) is 9.69 Å². The summed E-state index contributed by atoms with van der Waals surface area (Å²) < 4.78 is 13.2. The van der Waals surface area contributed by atoms with Gasteiger partial charge in [0.1, 0.15) is 5.75 Å². The van der Waals surface area contributed by atoms with Gasteiger partial charge in [-0.1, -0.05) is 32.0 Å². The van der Waals surface area contributed by atoms with Crippen LogP contribution in [0.15, 0.2) is 53.3 Å². The summed E-state index contributed by atoms with van der Waals surface area (Å²) in [4.78, 5) is 18.5. The van der Waals surface area contributed by atoms with Crippen molar-refractivity contribution in [2.75, 3.05) is 20.3 Å². The summed E-state index contributed by atoms with van der Waals surface area (Å²) in [7, 11) is 1.66. The van der Waals surface area contributed by atoms with Crippen LogP contribution in [0.25, 0.3) is 10.9 Å². The molecule has 0 spiro atoms. The molecule has 0 saturated carbocycles. The van der Waals surface area contributed by atoms with Gasteiger partial charge in [-0.2, -0.15) is 0 Å². The lowest BCUT2D eigenvalue weighted by atomic mass is 10.1. The minimum atomic E-state index is -0.0791. The van der Waals surface area contributed by atoms with Crippen LogP contribution in [0.4, 0.5) is 0 Å². The molecular weight excluding hydrogens is 480 g/mol. The molecule has 2 atom stereocenters. The number of hydrogen-bond acceptors (Lipinski definition) is 7. The van der Waals surface area contributed by atoms with Crippen LogP contribution in [-0.4, -0.2) is 56.5 Å². The minimum Gasteiger partial charge on any atom is -0.497 e. The molecule has 0 radical (unpaired) electrons. The van der Waals surface area contributed by atoms with E-state index in [0.29, 0.717) is 19.6 Å². The van der Waals surface area contributed by atoms with E-state index in [4.69, 9.17) is 9.47 Å². The number of fused-ring (bicyclic) bond motifs is 1. The second-order valence-electron chi connectivity index (χ2n) is 9.93. The smallest absolute Gasteiger partial charge is 0.252 e. The standard InChI is InChI=1S/C29H36N6O3/c1-4-20-10-13-26-22(15-20)16-23(29(36)30-26)18-34(19-25-7-6-14-38-25)27(5-2)28-31-32-33-35(28)17-21-8-11-24(37-3)12-9-21/h8-13,15-16,25,27H,4-7,14,17-19H2,1-3H3,(H,30,36)/t25-,27+/m0/s1. The van der Waals surface area contributed by atoms with Gasteiger partial charge in [-0.15, -0.1) is 5.10 Å². The molecule has 5 rings (SSSR count). The lowest BCUT2D eigenvalue weighted by molar-refractivity contribution is 0.0489. The number of aryl methyl sites for hydroxylation is 1. The average Bonchev–Trinajstić information content (AvgIpc) is 3.62. The molecule has 0 bridgehead atoms. The van der Waals surface area contributed by atoms with Crippen molar-refractivity contribution in [2.45, 2.75) is 64.8 Å². The van der Waals surface area contributed by atoms with Gasteiger partial charge in [0.15, 0.2) is 5.82 Å². The van der Waals surface area contributed by atoms with E-state index in [9.17, 15) is 4.79 Å². The van der Waals surface area contributed by atoms with Crippen molar-refractivity contribution < 1.29 is 9.47 Å². The van der Waals surface area contributed by atoms with Gasteiger partial charge in [0, 0.05) is 30.8 Å². The SMILES string of the molecule is CCc1ccc2[nH]c(=O)c(CN(C[C@@H]3CCCO3)[C@H](CC)c3nnnn3Cc3ccc(OC)cc3)cc2c1. The zero-order valence-electron chi connectivity index (χ0n) is 22.4. The zero-order chi connectivity index (χ0) is 26.5. The summed E-state index contributed by atoms with van der Waals surface area (Å²) in [5.41, 5.74) is 3.86. The molecule has 2 aromatic heterocycles. The van der Waals surface area contributed by atoms with Crippen molar-refractivity contribution in [3.05, 3.63) is 81.4 Å². The second kappa shape index (κ2) is 11.9. The van der Waals surface area contributed by atoms with Crippen LogP contribution in [-0.2, 0) is 24.2 Å². The summed E-state index contributed by atoms with van der Waals surface area (Å²) in [6.45, 7) is 6.79. The number of aromatic nitrogens is 5. The Kier molecular flexibility index (Phi) is 8.14. The third-order valence-corrected chi connectivity index (χ3v) is 7.41. The summed E-state index contributed by atoms with van der Waals surface area (Å²) in [5.74, 6) is 1.60. The Bertz CT molecular complexity index is 1410.